The van der Waals surface area contributed by atoms with E-state index >= 15 is 0 Å². The van der Waals surface area contributed by atoms with Gasteiger partial charge in [0.1, 0.15) is 5.75 Å². The number of benzene rings is 2. The summed E-state index contributed by atoms with van der Waals surface area (Å²) in [6, 6.07) is 12.6. The molecule has 6 nitrogen and oxygen atoms in total. The minimum absolute atomic E-state index is 0.122. The molecule has 2 atom stereocenters. The number of aryl methyl sites for hydroxylation is 2. The van der Waals surface area contributed by atoms with Crippen LogP contribution in [0.2, 0.25) is 0 Å². The molecule has 0 spiro atoms. The van der Waals surface area contributed by atoms with Gasteiger partial charge in [-0.3, -0.25) is 4.79 Å². The van der Waals surface area contributed by atoms with Crippen LogP contribution >= 0.6 is 0 Å². The van der Waals surface area contributed by atoms with Crippen LogP contribution in [0.15, 0.2) is 36.4 Å². The van der Waals surface area contributed by atoms with Crippen LogP contribution in [-0.4, -0.2) is 26.7 Å². The number of carboxylic acid groups (broad SMARTS) is 1. The molecule has 1 heterocycles. The van der Waals surface area contributed by atoms with Gasteiger partial charge < -0.3 is 19.7 Å². The average molecular weight is 478 g/mol. The minimum Gasteiger partial charge on any atom is -0.491 e. The van der Waals surface area contributed by atoms with Gasteiger partial charge in [0.25, 0.3) is 0 Å². The Labute approximate surface area is 208 Å². The summed E-state index contributed by atoms with van der Waals surface area (Å²) in [5.41, 5.74) is 5.41. The molecule has 1 aliphatic rings. The van der Waals surface area contributed by atoms with E-state index in [-0.39, 0.29) is 17.9 Å². The van der Waals surface area contributed by atoms with E-state index in [1.807, 2.05) is 38.1 Å². The third-order valence-electron chi connectivity index (χ3n) is 6.97. The minimum atomic E-state index is -0.777. The lowest BCUT2D eigenvalue weighted by atomic mass is 9.70. The molecule has 3 aromatic rings. The first kappa shape index (κ1) is 25.1. The van der Waals surface area contributed by atoms with Crippen LogP contribution in [0.4, 0.5) is 11.6 Å². The highest BCUT2D eigenvalue weighted by molar-refractivity contribution is 5.82. The highest BCUT2D eigenvalue weighted by Crippen LogP contribution is 2.46. The maximum Gasteiger partial charge on any atom is 0.303 e. The number of fused-ring (bicyclic) bond motifs is 1. The van der Waals surface area contributed by atoms with Gasteiger partial charge in [-0.1, -0.05) is 20.8 Å². The van der Waals surface area contributed by atoms with Crippen molar-refractivity contribution in [1.82, 2.24) is 9.55 Å². The predicted octanol–water partition coefficient (Wildman–Crippen LogP) is 7.28. The zero-order valence-electron chi connectivity index (χ0n) is 21.9. The average Bonchev–Trinajstić information content (AvgIpc) is 3.08. The van der Waals surface area contributed by atoms with Crippen molar-refractivity contribution in [2.24, 2.45) is 11.3 Å². The molecule has 0 amide bonds. The number of ether oxygens (including phenoxy) is 1. The first-order chi connectivity index (χ1) is 16.5. The Morgan fingerprint density at radius 2 is 1.94 bits per heavy atom. The summed E-state index contributed by atoms with van der Waals surface area (Å²) < 4.78 is 8.18. The van der Waals surface area contributed by atoms with Crippen LogP contribution < -0.4 is 10.1 Å². The first-order valence-electron chi connectivity index (χ1n) is 12.8. The standard InChI is InChI=1S/C29H39N3O3/c1-18(2)35-24-10-8-22(9-11-24)30-28-31-25-15-21(7-12-27(33)34)20(4)14-26(25)32(28)23-13-19(3)16-29(5,6)17-23/h8-11,14-15,18-19,23H,7,12-13,16-17H2,1-6H3,(H,30,31)(H,33,34)/t19-,23+/m0/s1. The van der Waals surface area contributed by atoms with Gasteiger partial charge in [-0.15, -0.1) is 0 Å². The Balaban J connectivity index is 1.75. The maximum absolute atomic E-state index is 11.2. The second kappa shape index (κ2) is 9.92. The van der Waals surface area contributed by atoms with Crippen LogP contribution in [0.3, 0.4) is 0 Å². The second-order valence-corrected chi connectivity index (χ2v) is 11.3. The quantitative estimate of drug-likeness (QED) is 0.356. The van der Waals surface area contributed by atoms with Gasteiger partial charge in [0.15, 0.2) is 0 Å². The molecule has 1 fully saturated rings. The van der Waals surface area contributed by atoms with Gasteiger partial charge in [0.05, 0.1) is 17.1 Å². The molecule has 0 saturated heterocycles. The summed E-state index contributed by atoms with van der Waals surface area (Å²) in [7, 11) is 0. The van der Waals surface area contributed by atoms with E-state index in [1.54, 1.807) is 0 Å². The van der Waals surface area contributed by atoms with E-state index in [2.05, 4.69) is 49.7 Å². The van der Waals surface area contributed by atoms with Crippen LogP contribution in [-0.2, 0) is 11.2 Å². The van der Waals surface area contributed by atoms with Crippen molar-refractivity contribution in [3.63, 3.8) is 0 Å². The Bertz CT molecular complexity index is 1190. The second-order valence-electron chi connectivity index (χ2n) is 11.3. The van der Waals surface area contributed by atoms with Crippen LogP contribution in [0.1, 0.15) is 77.5 Å². The van der Waals surface area contributed by atoms with Crippen molar-refractivity contribution in [2.45, 2.75) is 85.8 Å². The van der Waals surface area contributed by atoms with E-state index in [9.17, 15) is 4.79 Å². The van der Waals surface area contributed by atoms with Crippen LogP contribution in [0.5, 0.6) is 5.75 Å². The number of aromatic nitrogens is 2. The summed E-state index contributed by atoms with van der Waals surface area (Å²) in [4.78, 5) is 16.2. The first-order valence-corrected chi connectivity index (χ1v) is 12.8. The van der Waals surface area contributed by atoms with Crippen molar-refractivity contribution in [1.29, 1.82) is 0 Å². The molecule has 1 aromatic heterocycles. The lowest BCUT2D eigenvalue weighted by Crippen LogP contribution is -2.29. The van der Waals surface area contributed by atoms with E-state index in [4.69, 9.17) is 14.8 Å². The Morgan fingerprint density at radius 3 is 2.57 bits per heavy atom. The molecular weight excluding hydrogens is 438 g/mol. The van der Waals surface area contributed by atoms with Crippen molar-refractivity contribution >= 4 is 28.6 Å². The number of nitrogens with zero attached hydrogens (tertiary/aromatic N) is 2. The normalized spacial score (nSPS) is 19.7. The molecule has 0 bridgehead atoms. The zero-order valence-corrected chi connectivity index (χ0v) is 21.9. The van der Waals surface area contributed by atoms with E-state index < -0.39 is 5.97 Å². The number of carbonyl (C=O) groups is 1. The Morgan fingerprint density at radius 1 is 1.23 bits per heavy atom. The molecule has 35 heavy (non-hydrogen) atoms. The van der Waals surface area contributed by atoms with Gasteiger partial charge >= 0.3 is 5.97 Å². The number of anilines is 2. The molecule has 1 saturated carbocycles. The fourth-order valence-corrected chi connectivity index (χ4v) is 5.77. The van der Waals surface area contributed by atoms with E-state index in [1.165, 1.54) is 6.42 Å². The fraction of sp³-hybridized carbons (Fsp3) is 0.517. The van der Waals surface area contributed by atoms with E-state index in [0.29, 0.717) is 18.4 Å². The van der Waals surface area contributed by atoms with E-state index in [0.717, 1.165) is 52.4 Å². The van der Waals surface area contributed by atoms with Crippen molar-refractivity contribution in [3.8, 4) is 5.75 Å². The van der Waals surface area contributed by atoms with Gasteiger partial charge in [-0.05, 0) is 105 Å². The topological polar surface area (TPSA) is 76.4 Å². The number of aliphatic carboxylic acids is 1. The lowest BCUT2D eigenvalue weighted by molar-refractivity contribution is -0.136. The molecule has 2 aromatic carbocycles. The largest absolute Gasteiger partial charge is 0.491 e. The smallest absolute Gasteiger partial charge is 0.303 e. The van der Waals surface area contributed by atoms with Gasteiger partial charge in [0, 0.05) is 18.2 Å². The summed E-state index contributed by atoms with van der Waals surface area (Å²) in [5.74, 6) is 1.54. The van der Waals surface area contributed by atoms with Gasteiger partial charge in [0.2, 0.25) is 5.95 Å². The highest BCUT2D eigenvalue weighted by Gasteiger charge is 2.34. The highest BCUT2D eigenvalue weighted by atomic mass is 16.5. The van der Waals surface area contributed by atoms with Crippen LogP contribution in [0, 0.1) is 18.3 Å². The third kappa shape index (κ3) is 5.98. The van der Waals surface area contributed by atoms with Crippen molar-refractivity contribution in [2.75, 3.05) is 5.32 Å². The van der Waals surface area contributed by atoms with Gasteiger partial charge in [-0.2, -0.15) is 0 Å². The molecule has 0 radical (unpaired) electrons. The molecule has 0 unspecified atom stereocenters. The molecule has 2 N–H and O–H groups in total. The molecular formula is C29H39N3O3. The van der Waals surface area contributed by atoms with Crippen molar-refractivity contribution < 1.29 is 14.6 Å². The summed E-state index contributed by atoms with van der Waals surface area (Å²) >= 11 is 0. The number of nitrogens with one attached hydrogen (secondary N) is 1. The molecule has 0 aliphatic heterocycles. The molecule has 1 aliphatic carbocycles. The number of imidazole rings is 1. The maximum atomic E-state index is 11.2. The third-order valence-corrected chi connectivity index (χ3v) is 6.97. The Kier molecular flexibility index (Phi) is 7.11. The van der Waals surface area contributed by atoms with Crippen molar-refractivity contribution in [3.05, 3.63) is 47.5 Å². The predicted molar refractivity (Wildman–Crippen MR) is 142 cm³/mol. The van der Waals surface area contributed by atoms with Gasteiger partial charge in [-0.25, -0.2) is 4.98 Å². The summed E-state index contributed by atoms with van der Waals surface area (Å²) in [6.07, 6.45) is 4.21. The number of rotatable bonds is 8. The number of hydrogen-bond acceptors (Lipinski definition) is 4. The number of hydrogen-bond donors (Lipinski definition) is 2. The SMILES string of the molecule is Cc1cc2c(cc1CCC(=O)O)nc(Nc1ccc(OC(C)C)cc1)n2[C@@H]1C[C@H](C)CC(C)(C)C1. The molecule has 6 heteroatoms. The Hall–Kier alpha value is -3.02. The monoisotopic (exact) mass is 477 g/mol. The molecule has 188 valence electrons. The lowest BCUT2D eigenvalue weighted by Gasteiger charge is -2.40. The molecule has 4 rings (SSSR count). The summed E-state index contributed by atoms with van der Waals surface area (Å²) in [6.45, 7) is 13.2. The fourth-order valence-electron chi connectivity index (χ4n) is 5.77. The summed E-state index contributed by atoms with van der Waals surface area (Å²) in [5, 5.41) is 12.7. The van der Waals surface area contributed by atoms with Crippen LogP contribution in [0.25, 0.3) is 11.0 Å². The number of carboxylic acids is 1. The zero-order chi connectivity index (χ0) is 25.3.